The Morgan fingerprint density at radius 3 is 1.00 bits per heavy atom. The highest BCUT2D eigenvalue weighted by Crippen LogP contribution is 2.37. The van der Waals surface area contributed by atoms with Crippen molar-refractivity contribution in [2.24, 2.45) is 0 Å². The fourth-order valence-corrected chi connectivity index (χ4v) is 3.62. The second-order valence-corrected chi connectivity index (χ2v) is 7.09. The maximum Gasteiger partial charge on any atom is 0.269 e. The summed E-state index contributed by atoms with van der Waals surface area (Å²) in [5.41, 5.74) is 5.21. The van der Waals surface area contributed by atoms with Crippen LogP contribution in [-0.4, -0.2) is 9.85 Å². The number of nitro benzene ring substituents is 2. The highest BCUT2D eigenvalue weighted by Gasteiger charge is 2.18. The molecule has 4 rings (SSSR count). The summed E-state index contributed by atoms with van der Waals surface area (Å²) >= 11 is 0. The van der Waals surface area contributed by atoms with Gasteiger partial charge in [-0.2, -0.15) is 0 Å². The zero-order chi connectivity index (χ0) is 22.5. The quantitative estimate of drug-likeness (QED) is 0.201. The number of hydrogen-bond acceptors (Lipinski definition) is 4. The smallest absolute Gasteiger partial charge is 0.258 e. The largest absolute Gasteiger partial charge is 0.269 e. The molecule has 32 heavy (non-hydrogen) atoms. The number of nitro groups is 2. The van der Waals surface area contributed by atoms with Crippen molar-refractivity contribution >= 4 is 22.5 Å². The van der Waals surface area contributed by atoms with Crippen LogP contribution in [0.25, 0.3) is 11.1 Å². The van der Waals surface area contributed by atoms with Gasteiger partial charge in [0.25, 0.3) is 11.4 Å². The summed E-state index contributed by atoms with van der Waals surface area (Å²) in [6, 6.07) is 32.4. The first-order valence-electron chi connectivity index (χ1n) is 9.89. The van der Waals surface area contributed by atoms with E-state index >= 15 is 0 Å². The number of hydrogen-bond donors (Lipinski definition) is 0. The zero-order valence-corrected chi connectivity index (χ0v) is 16.9. The van der Waals surface area contributed by atoms with Crippen LogP contribution in [0.15, 0.2) is 109 Å². The maximum atomic E-state index is 11.2. The standard InChI is InChI=1S/C26H18N2O4/c29-27(30)23-15-11-21(12-16-23)26(22-13-17-24(18-14-22)28(31)32)25(19-7-3-1-4-8-19)20-9-5-2-6-10-20/h1-18H. The summed E-state index contributed by atoms with van der Waals surface area (Å²) in [7, 11) is 0. The molecular weight excluding hydrogens is 404 g/mol. The average molecular weight is 422 g/mol. The number of nitrogens with zero attached hydrogens (tertiary/aromatic N) is 2. The van der Waals surface area contributed by atoms with E-state index in [1.807, 2.05) is 60.7 Å². The molecule has 0 radical (unpaired) electrons. The lowest BCUT2D eigenvalue weighted by Crippen LogP contribution is -1.98. The van der Waals surface area contributed by atoms with Crippen molar-refractivity contribution in [2.45, 2.75) is 0 Å². The Hall–Kier alpha value is -4.58. The first-order chi connectivity index (χ1) is 15.5. The van der Waals surface area contributed by atoms with E-state index < -0.39 is 9.85 Å². The van der Waals surface area contributed by atoms with Crippen LogP contribution in [0.4, 0.5) is 11.4 Å². The molecule has 0 aliphatic rings. The van der Waals surface area contributed by atoms with Gasteiger partial charge in [-0.1, -0.05) is 60.7 Å². The molecule has 4 aromatic rings. The van der Waals surface area contributed by atoms with Crippen LogP contribution in [-0.2, 0) is 0 Å². The number of non-ortho nitro benzene ring substituents is 2. The minimum Gasteiger partial charge on any atom is -0.258 e. The third kappa shape index (κ3) is 4.29. The number of rotatable bonds is 6. The maximum absolute atomic E-state index is 11.2. The molecule has 6 heteroatoms. The van der Waals surface area contributed by atoms with Crippen LogP contribution >= 0.6 is 0 Å². The molecule has 0 unspecified atom stereocenters. The van der Waals surface area contributed by atoms with E-state index in [9.17, 15) is 20.2 Å². The predicted octanol–water partition coefficient (Wildman–Crippen LogP) is 6.51. The molecule has 0 aliphatic carbocycles. The monoisotopic (exact) mass is 422 g/mol. The summed E-state index contributed by atoms with van der Waals surface area (Å²) in [5.74, 6) is 0. The minimum absolute atomic E-state index is 0.00206. The molecular formula is C26H18N2O4. The molecule has 156 valence electrons. The first kappa shape index (κ1) is 20.7. The molecule has 4 aromatic carbocycles. The van der Waals surface area contributed by atoms with Crippen molar-refractivity contribution in [1.29, 1.82) is 0 Å². The molecule has 0 heterocycles. The fraction of sp³-hybridized carbons (Fsp3) is 0. The van der Waals surface area contributed by atoms with Gasteiger partial charge in [0.05, 0.1) is 9.85 Å². The van der Waals surface area contributed by atoms with Crippen molar-refractivity contribution in [2.75, 3.05) is 0 Å². The van der Waals surface area contributed by atoms with Gasteiger partial charge in [0.15, 0.2) is 0 Å². The first-order valence-corrected chi connectivity index (χ1v) is 9.89. The Bertz CT molecular complexity index is 1180. The van der Waals surface area contributed by atoms with Crippen LogP contribution in [0.5, 0.6) is 0 Å². The molecule has 0 amide bonds. The third-order valence-electron chi connectivity index (χ3n) is 5.11. The van der Waals surface area contributed by atoms with Crippen LogP contribution < -0.4 is 0 Å². The van der Waals surface area contributed by atoms with Crippen molar-refractivity contribution in [3.05, 3.63) is 152 Å². The molecule has 0 atom stereocenters. The molecule has 0 spiro atoms. The van der Waals surface area contributed by atoms with Gasteiger partial charge in [0.2, 0.25) is 0 Å². The minimum atomic E-state index is -0.436. The lowest BCUT2D eigenvalue weighted by atomic mass is 9.85. The van der Waals surface area contributed by atoms with E-state index in [1.165, 1.54) is 24.3 Å². The Morgan fingerprint density at radius 2 is 0.719 bits per heavy atom. The third-order valence-corrected chi connectivity index (χ3v) is 5.11. The lowest BCUT2D eigenvalue weighted by molar-refractivity contribution is -0.385. The molecule has 0 aromatic heterocycles. The Labute approximate surface area is 184 Å². The fourth-order valence-electron chi connectivity index (χ4n) is 3.62. The highest BCUT2D eigenvalue weighted by atomic mass is 16.6. The molecule has 0 saturated carbocycles. The van der Waals surface area contributed by atoms with E-state index in [4.69, 9.17) is 0 Å². The summed E-state index contributed by atoms with van der Waals surface area (Å²) in [4.78, 5) is 21.4. The average Bonchev–Trinajstić information content (AvgIpc) is 2.84. The van der Waals surface area contributed by atoms with Crippen molar-refractivity contribution in [3.8, 4) is 0 Å². The van der Waals surface area contributed by atoms with Gasteiger partial charge in [-0.3, -0.25) is 20.2 Å². The summed E-state index contributed by atoms with van der Waals surface area (Å²) in [6.07, 6.45) is 0. The Morgan fingerprint density at radius 1 is 0.438 bits per heavy atom. The highest BCUT2D eigenvalue weighted by molar-refractivity contribution is 6.04. The summed E-state index contributed by atoms with van der Waals surface area (Å²) in [5, 5.41) is 22.3. The van der Waals surface area contributed by atoms with Gasteiger partial charge in [0, 0.05) is 24.3 Å². The molecule has 0 fully saturated rings. The summed E-state index contributed by atoms with van der Waals surface area (Å²) in [6.45, 7) is 0. The van der Waals surface area contributed by atoms with Crippen molar-refractivity contribution < 1.29 is 9.85 Å². The van der Waals surface area contributed by atoms with Gasteiger partial charge < -0.3 is 0 Å². The second kappa shape index (κ2) is 9.06. The molecule has 6 nitrogen and oxygen atoms in total. The predicted molar refractivity (Wildman–Crippen MR) is 124 cm³/mol. The molecule has 0 aliphatic heterocycles. The van der Waals surface area contributed by atoms with Crippen LogP contribution in [0.1, 0.15) is 22.3 Å². The van der Waals surface area contributed by atoms with Gasteiger partial charge in [-0.25, -0.2) is 0 Å². The second-order valence-electron chi connectivity index (χ2n) is 7.09. The van der Waals surface area contributed by atoms with E-state index in [0.717, 1.165) is 33.4 Å². The van der Waals surface area contributed by atoms with Crippen LogP contribution in [0.2, 0.25) is 0 Å². The molecule has 0 saturated heterocycles. The van der Waals surface area contributed by atoms with E-state index in [1.54, 1.807) is 24.3 Å². The van der Waals surface area contributed by atoms with Gasteiger partial charge in [-0.15, -0.1) is 0 Å². The zero-order valence-electron chi connectivity index (χ0n) is 16.9. The van der Waals surface area contributed by atoms with Crippen molar-refractivity contribution in [1.82, 2.24) is 0 Å². The summed E-state index contributed by atoms with van der Waals surface area (Å²) < 4.78 is 0. The Kier molecular flexibility index (Phi) is 5.85. The van der Waals surface area contributed by atoms with Gasteiger partial charge in [-0.05, 0) is 57.7 Å². The van der Waals surface area contributed by atoms with Crippen LogP contribution in [0.3, 0.4) is 0 Å². The number of benzene rings is 4. The molecule has 0 N–H and O–H groups in total. The van der Waals surface area contributed by atoms with Crippen molar-refractivity contribution in [3.63, 3.8) is 0 Å². The molecule has 0 bridgehead atoms. The normalized spacial score (nSPS) is 10.4. The van der Waals surface area contributed by atoms with Crippen LogP contribution in [0, 0.1) is 20.2 Å². The van der Waals surface area contributed by atoms with E-state index in [-0.39, 0.29) is 11.4 Å². The van der Waals surface area contributed by atoms with Gasteiger partial charge in [0.1, 0.15) is 0 Å². The van der Waals surface area contributed by atoms with Gasteiger partial charge >= 0.3 is 0 Å². The van der Waals surface area contributed by atoms with E-state index in [0.29, 0.717) is 0 Å². The van der Waals surface area contributed by atoms with E-state index in [2.05, 4.69) is 0 Å². The lowest BCUT2D eigenvalue weighted by Gasteiger charge is -2.18. The SMILES string of the molecule is O=[N+]([O-])c1ccc(C(=C(c2ccccc2)c2ccccc2)c2ccc([N+](=O)[O-])cc2)cc1. The topological polar surface area (TPSA) is 86.3 Å². The Balaban J connectivity index is 2.04.